The molecule has 194 valence electrons. The van der Waals surface area contributed by atoms with Gasteiger partial charge in [0.2, 0.25) is 0 Å². The van der Waals surface area contributed by atoms with E-state index in [0.29, 0.717) is 28.8 Å². The third kappa shape index (κ3) is 4.82. The lowest BCUT2D eigenvalue weighted by Gasteiger charge is -2.40. The average Bonchev–Trinajstić information content (AvgIpc) is 3.59. The van der Waals surface area contributed by atoms with Crippen LogP contribution < -0.4 is 15.4 Å². The molecule has 0 aliphatic carbocycles. The molecule has 0 spiro atoms. The van der Waals surface area contributed by atoms with Gasteiger partial charge in [0.25, 0.3) is 5.91 Å². The Morgan fingerprint density at radius 3 is 2.76 bits per heavy atom. The zero-order valence-corrected chi connectivity index (χ0v) is 21.7. The second-order valence-electron chi connectivity index (χ2n) is 9.85. The maximum Gasteiger partial charge on any atom is 0.251 e. The number of aromatic nitrogens is 4. The monoisotopic (exact) mass is 529 g/mol. The lowest BCUT2D eigenvalue weighted by molar-refractivity contribution is 0.0930. The van der Waals surface area contributed by atoms with E-state index in [1.807, 2.05) is 48.5 Å². The molecule has 1 amide bonds. The van der Waals surface area contributed by atoms with Gasteiger partial charge in [-0.2, -0.15) is 5.10 Å². The summed E-state index contributed by atoms with van der Waals surface area (Å²) in [6.07, 6.45) is 5.14. The van der Waals surface area contributed by atoms with Gasteiger partial charge in [-0.15, -0.1) is 0 Å². The fraction of sp³-hybridized carbons (Fsp3) is 0.286. The quantitative estimate of drug-likeness (QED) is 0.339. The van der Waals surface area contributed by atoms with Gasteiger partial charge in [0, 0.05) is 52.9 Å². The van der Waals surface area contributed by atoms with Crippen LogP contribution in [0.15, 0.2) is 67.0 Å². The van der Waals surface area contributed by atoms with Crippen molar-refractivity contribution in [2.45, 2.75) is 24.4 Å². The predicted molar refractivity (Wildman–Crippen MR) is 145 cm³/mol. The van der Waals surface area contributed by atoms with Crippen molar-refractivity contribution in [3.63, 3.8) is 0 Å². The summed E-state index contributed by atoms with van der Waals surface area (Å²) in [5.74, 6) is 1.96. The number of benzene rings is 2. The van der Waals surface area contributed by atoms with Gasteiger partial charge in [-0.25, -0.2) is 4.98 Å². The Morgan fingerprint density at radius 1 is 1.13 bits per heavy atom. The standard InChI is InChI=1S/C28H28ClN7O2/c1-36-13-9-28(10-14-36,27-32-25(34-35-27)18-7-11-30-12-8-18)33-21-4-2-3-19(15-21)26(37)31-23-17-38-24-16-20(29)5-6-22(23)24/h2-8,11-12,15-16,23,33H,9-10,13-14,17H2,1H3,(H,31,37)(H,32,34,35). The van der Waals surface area contributed by atoms with Crippen molar-refractivity contribution in [2.24, 2.45) is 0 Å². The number of H-pyrrole nitrogens is 1. The maximum atomic E-state index is 13.2. The highest BCUT2D eigenvalue weighted by Gasteiger charge is 2.39. The van der Waals surface area contributed by atoms with Crippen LogP contribution in [0.25, 0.3) is 11.4 Å². The molecule has 3 N–H and O–H groups in total. The van der Waals surface area contributed by atoms with Gasteiger partial charge in [-0.05, 0) is 62.4 Å². The van der Waals surface area contributed by atoms with E-state index < -0.39 is 5.54 Å². The Bertz CT molecular complexity index is 1450. The minimum atomic E-state index is -0.447. The van der Waals surface area contributed by atoms with Gasteiger partial charge in [-0.1, -0.05) is 23.7 Å². The third-order valence-corrected chi connectivity index (χ3v) is 7.52. The Balaban J connectivity index is 1.23. The smallest absolute Gasteiger partial charge is 0.251 e. The summed E-state index contributed by atoms with van der Waals surface area (Å²) in [6, 6.07) is 16.6. The Hall–Kier alpha value is -3.95. The fourth-order valence-corrected chi connectivity index (χ4v) is 5.25. The molecular formula is C28H28ClN7O2. The number of pyridine rings is 1. The van der Waals surface area contributed by atoms with Crippen molar-refractivity contribution in [3.8, 4) is 17.1 Å². The molecule has 38 heavy (non-hydrogen) atoms. The van der Waals surface area contributed by atoms with Gasteiger partial charge in [-0.3, -0.25) is 14.9 Å². The van der Waals surface area contributed by atoms with Crippen molar-refractivity contribution in [1.29, 1.82) is 0 Å². The largest absolute Gasteiger partial charge is 0.491 e. The van der Waals surface area contributed by atoms with Crippen LogP contribution in [0.3, 0.4) is 0 Å². The summed E-state index contributed by atoms with van der Waals surface area (Å²) in [5.41, 5.74) is 2.80. The fourth-order valence-electron chi connectivity index (χ4n) is 5.09. The van der Waals surface area contributed by atoms with Crippen molar-refractivity contribution < 1.29 is 9.53 Å². The molecule has 0 saturated carbocycles. The number of hydrogen-bond donors (Lipinski definition) is 3. The molecule has 1 unspecified atom stereocenters. The SMILES string of the molecule is CN1CCC(Nc2cccc(C(=O)NC3COc4cc(Cl)ccc43)c2)(c2nc(-c3ccncc3)n[nH]2)CC1. The van der Waals surface area contributed by atoms with E-state index in [4.69, 9.17) is 21.3 Å². The van der Waals surface area contributed by atoms with Crippen molar-refractivity contribution in [3.05, 3.63) is 89.0 Å². The highest BCUT2D eigenvalue weighted by Crippen LogP contribution is 2.36. The number of nitrogens with zero attached hydrogens (tertiary/aromatic N) is 4. The van der Waals surface area contributed by atoms with Crippen LogP contribution in [-0.2, 0) is 5.54 Å². The lowest BCUT2D eigenvalue weighted by Crippen LogP contribution is -2.46. The first kappa shape index (κ1) is 24.4. The van der Waals surface area contributed by atoms with Crippen molar-refractivity contribution in [1.82, 2.24) is 30.4 Å². The molecule has 2 aliphatic rings. The van der Waals surface area contributed by atoms with E-state index in [1.165, 1.54) is 0 Å². The summed E-state index contributed by atoms with van der Waals surface area (Å²) >= 11 is 6.08. The number of halogens is 1. The molecule has 9 nitrogen and oxygen atoms in total. The first-order valence-electron chi connectivity index (χ1n) is 12.6. The number of anilines is 1. The van der Waals surface area contributed by atoms with Crippen LogP contribution in [0.5, 0.6) is 5.75 Å². The zero-order valence-electron chi connectivity index (χ0n) is 20.9. The molecule has 2 aromatic carbocycles. The number of fused-ring (bicyclic) bond motifs is 1. The number of ether oxygens (including phenoxy) is 1. The molecule has 1 fully saturated rings. The molecule has 4 heterocycles. The lowest BCUT2D eigenvalue weighted by atomic mass is 9.86. The van der Waals surface area contributed by atoms with E-state index in [1.54, 1.807) is 18.5 Å². The molecule has 10 heteroatoms. The summed E-state index contributed by atoms with van der Waals surface area (Å²) in [4.78, 5) is 24.5. The number of rotatable bonds is 6. The van der Waals surface area contributed by atoms with Gasteiger partial charge >= 0.3 is 0 Å². The van der Waals surface area contributed by atoms with Crippen molar-refractivity contribution in [2.75, 3.05) is 32.1 Å². The number of hydrogen-bond acceptors (Lipinski definition) is 7. The zero-order chi connectivity index (χ0) is 26.1. The molecular weight excluding hydrogens is 502 g/mol. The first-order valence-corrected chi connectivity index (χ1v) is 13.0. The Kier molecular flexibility index (Phi) is 6.47. The highest BCUT2D eigenvalue weighted by atomic mass is 35.5. The molecule has 1 saturated heterocycles. The number of nitrogens with one attached hydrogen (secondary N) is 3. The number of carbonyl (C=O) groups is 1. The molecule has 6 rings (SSSR count). The van der Waals surface area contributed by atoms with Crippen LogP contribution in [0, 0.1) is 0 Å². The van der Waals surface area contributed by atoms with E-state index in [9.17, 15) is 4.79 Å². The maximum absolute atomic E-state index is 13.2. The highest BCUT2D eigenvalue weighted by molar-refractivity contribution is 6.30. The van der Waals surface area contributed by atoms with Crippen molar-refractivity contribution >= 4 is 23.2 Å². The van der Waals surface area contributed by atoms with Crippen LogP contribution in [0.1, 0.15) is 40.6 Å². The topological polar surface area (TPSA) is 108 Å². The summed E-state index contributed by atoms with van der Waals surface area (Å²) < 4.78 is 5.72. The number of likely N-dealkylation sites (tertiary alicyclic amines) is 1. The predicted octanol–water partition coefficient (Wildman–Crippen LogP) is 4.42. The molecule has 1 atom stereocenters. The van der Waals surface area contributed by atoms with Gasteiger partial charge in [0.05, 0.1) is 11.6 Å². The number of aromatic amines is 1. The van der Waals surface area contributed by atoms with Crippen LogP contribution in [-0.4, -0.2) is 57.7 Å². The Labute approximate surface area is 225 Å². The van der Waals surface area contributed by atoms with E-state index in [0.717, 1.165) is 48.6 Å². The minimum absolute atomic E-state index is 0.165. The van der Waals surface area contributed by atoms with E-state index >= 15 is 0 Å². The molecule has 0 radical (unpaired) electrons. The van der Waals surface area contributed by atoms with Crippen LogP contribution >= 0.6 is 11.6 Å². The second kappa shape index (κ2) is 10.1. The molecule has 4 aromatic rings. The van der Waals surface area contributed by atoms with Gasteiger partial charge < -0.3 is 20.3 Å². The third-order valence-electron chi connectivity index (χ3n) is 7.29. The van der Waals surface area contributed by atoms with Gasteiger partial charge in [0.15, 0.2) is 11.6 Å². The number of amides is 1. The van der Waals surface area contributed by atoms with Gasteiger partial charge in [0.1, 0.15) is 12.4 Å². The minimum Gasteiger partial charge on any atom is -0.491 e. The summed E-state index contributed by atoms with van der Waals surface area (Å²) in [7, 11) is 2.12. The second-order valence-corrected chi connectivity index (χ2v) is 10.3. The normalized spacial score (nSPS) is 18.4. The average molecular weight is 530 g/mol. The van der Waals surface area contributed by atoms with Crippen LogP contribution in [0.4, 0.5) is 5.69 Å². The first-order chi connectivity index (χ1) is 18.5. The summed E-state index contributed by atoms with van der Waals surface area (Å²) in [5, 5.41) is 15.1. The van der Waals surface area contributed by atoms with E-state index in [-0.39, 0.29) is 11.9 Å². The van der Waals surface area contributed by atoms with E-state index in [2.05, 4.69) is 37.8 Å². The molecule has 2 aliphatic heterocycles. The number of carbonyl (C=O) groups excluding carboxylic acids is 1. The number of piperidine rings is 1. The Morgan fingerprint density at radius 2 is 1.95 bits per heavy atom. The molecule has 2 aromatic heterocycles. The molecule has 0 bridgehead atoms. The van der Waals surface area contributed by atoms with Crippen LogP contribution in [0.2, 0.25) is 5.02 Å². The summed E-state index contributed by atoms with van der Waals surface area (Å²) in [6.45, 7) is 2.19.